The molecule has 1 aliphatic heterocycles. The largest absolute Gasteiger partial charge is 0.478 e. The fraction of sp³-hybridized carbons (Fsp3) is 0.250. The summed E-state index contributed by atoms with van der Waals surface area (Å²) in [4.78, 5) is 34.9. The maximum Gasteiger partial charge on any atom is 0.414 e. The maximum absolute atomic E-state index is 11.5. The van der Waals surface area contributed by atoms with Crippen molar-refractivity contribution in [3.05, 3.63) is 23.8 Å². The molecule has 1 aromatic rings. The molecule has 0 atom stereocenters. The van der Waals surface area contributed by atoms with Gasteiger partial charge in [-0.2, -0.15) is 0 Å². The van der Waals surface area contributed by atoms with Gasteiger partial charge in [-0.25, -0.2) is 9.59 Å². The van der Waals surface area contributed by atoms with Crippen LogP contribution in [-0.2, 0) is 9.53 Å². The highest BCUT2D eigenvalue weighted by molar-refractivity contribution is 6.02. The number of cyclic esters (lactones) is 1. The van der Waals surface area contributed by atoms with Crippen LogP contribution in [0.5, 0.6) is 0 Å². The summed E-state index contributed by atoms with van der Waals surface area (Å²) in [6.07, 6.45) is -0.574. The minimum Gasteiger partial charge on any atom is -0.478 e. The molecule has 0 spiro atoms. The minimum atomic E-state index is -1.18. The van der Waals surface area contributed by atoms with Gasteiger partial charge in [-0.3, -0.25) is 9.69 Å². The van der Waals surface area contributed by atoms with Crippen LogP contribution in [0.2, 0.25) is 0 Å². The number of amides is 2. The number of rotatable bonds is 3. The van der Waals surface area contributed by atoms with Crippen molar-refractivity contribution in [1.29, 1.82) is 0 Å². The smallest absolute Gasteiger partial charge is 0.414 e. The number of carbonyl (C=O) groups excluding carboxylic acids is 2. The number of carbonyl (C=O) groups is 3. The van der Waals surface area contributed by atoms with Gasteiger partial charge in [-0.1, -0.05) is 0 Å². The third kappa shape index (κ3) is 2.65. The zero-order valence-electron chi connectivity index (χ0n) is 10.2. The molecular weight excluding hydrogens is 252 g/mol. The van der Waals surface area contributed by atoms with Crippen molar-refractivity contribution in [2.45, 2.75) is 6.92 Å². The minimum absolute atomic E-state index is 0.0647. The first-order valence-corrected chi connectivity index (χ1v) is 5.58. The van der Waals surface area contributed by atoms with E-state index in [9.17, 15) is 19.5 Å². The van der Waals surface area contributed by atoms with Gasteiger partial charge in [0.05, 0.1) is 17.8 Å². The van der Waals surface area contributed by atoms with Crippen LogP contribution >= 0.6 is 0 Å². The fourth-order valence-corrected chi connectivity index (χ4v) is 1.84. The molecule has 7 nitrogen and oxygen atoms in total. The van der Waals surface area contributed by atoms with Crippen LogP contribution in [0.1, 0.15) is 17.3 Å². The molecule has 0 bridgehead atoms. The average Bonchev–Trinajstić information content (AvgIpc) is 2.74. The number of carboxylic acid groups (broad SMARTS) is 1. The van der Waals surface area contributed by atoms with E-state index in [1.54, 1.807) is 0 Å². The number of aromatic carboxylic acids is 1. The van der Waals surface area contributed by atoms with Gasteiger partial charge in [0.25, 0.3) is 0 Å². The van der Waals surface area contributed by atoms with Crippen LogP contribution in [0.25, 0.3) is 0 Å². The number of hydrogen-bond donors (Lipinski definition) is 2. The van der Waals surface area contributed by atoms with Crippen molar-refractivity contribution < 1.29 is 24.2 Å². The number of nitrogens with one attached hydrogen (secondary N) is 1. The first-order valence-electron chi connectivity index (χ1n) is 5.58. The normalized spacial score (nSPS) is 14.2. The second-order valence-corrected chi connectivity index (χ2v) is 3.98. The number of nitrogens with zero attached hydrogens (tertiary/aromatic N) is 1. The standard InChI is InChI=1S/C12H12N2O5/c1-7(15)13-8-2-3-10(9(6-8)11(16)17)14-4-5-19-12(14)18/h2-3,6H,4-5H2,1H3,(H,13,15)(H,16,17). The Kier molecular flexibility index (Phi) is 3.37. The van der Waals surface area contributed by atoms with Gasteiger partial charge in [-0.05, 0) is 18.2 Å². The van der Waals surface area contributed by atoms with Crippen molar-refractivity contribution in [2.24, 2.45) is 0 Å². The zero-order valence-corrected chi connectivity index (χ0v) is 10.2. The SMILES string of the molecule is CC(=O)Nc1ccc(N2CCOC2=O)c(C(=O)O)c1. The van der Waals surface area contributed by atoms with E-state index in [-0.39, 0.29) is 23.8 Å². The Bertz CT molecular complexity index is 555. The van der Waals surface area contributed by atoms with Gasteiger partial charge in [0.2, 0.25) is 5.91 Å². The van der Waals surface area contributed by atoms with E-state index < -0.39 is 12.1 Å². The van der Waals surface area contributed by atoms with Crippen molar-refractivity contribution in [3.8, 4) is 0 Å². The summed E-state index contributed by atoms with van der Waals surface area (Å²) in [6, 6.07) is 4.32. The molecular formula is C12H12N2O5. The van der Waals surface area contributed by atoms with Crippen molar-refractivity contribution >= 4 is 29.3 Å². The summed E-state index contributed by atoms with van der Waals surface area (Å²) in [6.45, 7) is 1.86. The summed E-state index contributed by atoms with van der Waals surface area (Å²) in [5.41, 5.74) is 0.551. The molecule has 0 unspecified atom stereocenters. The van der Waals surface area contributed by atoms with E-state index in [1.165, 1.54) is 30.0 Å². The van der Waals surface area contributed by atoms with Crippen LogP contribution in [0.15, 0.2) is 18.2 Å². The quantitative estimate of drug-likeness (QED) is 0.857. The number of ether oxygens (including phenoxy) is 1. The highest BCUT2D eigenvalue weighted by Gasteiger charge is 2.27. The summed E-state index contributed by atoms with van der Waals surface area (Å²) >= 11 is 0. The van der Waals surface area contributed by atoms with Gasteiger partial charge in [0, 0.05) is 12.6 Å². The van der Waals surface area contributed by atoms with E-state index in [2.05, 4.69) is 5.32 Å². The lowest BCUT2D eigenvalue weighted by atomic mass is 10.1. The molecule has 2 amide bonds. The molecule has 0 radical (unpaired) electrons. The molecule has 2 rings (SSSR count). The molecule has 19 heavy (non-hydrogen) atoms. The zero-order chi connectivity index (χ0) is 14.0. The van der Waals surface area contributed by atoms with Gasteiger partial charge in [-0.15, -0.1) is 0 Å². The van der Waals surface area contributed by atoms with E-state index in [4.69, 9.17) is 4.74 Å². The lowest BCUT2D eigenvalue weighted by Gasteiger charge is -2.16. The van der Waals surface area contributed by atoms with E-state index >= 15 is 0 Å². The third-order valence-corrected chi connectivity index (χ3v) is 2.60. The summed E-state index contributed by atoms with van der Waals surface area (Å²) in [7, 11) is 0. The van der Waals surface area contributed by atoms with E-state index in [1.807, 2.05) is 0 Å². The number of carboxylic acids is 1. The van der Waals surface area contributed by atoms with E-state index in [0.29, 0.717) is 12.2 Å². The van der Waals surface area contributed by atoms with Crippen LogP contribution in [0, 0.1) is 0 Å². The van der Waals surface area contributed by atoms with Crippen LogP contribution in [0.3, 0.4) is 0 Å². The lowest BCUT2D eigenvalue weighted by Crippen LogP contribution is -2.25. The first-order chi connectivity index (χ1) is 8.99. The predicted molar refractivity (Wildman–Crippen MR) is 66.4 cm³/mol. The fourth-order valence-electron chi connectivity index (χ4n) is 1.84. The number of benzene rings is 1. The molecule has 1 heterocycles. The molecule has 7 heteroatoms. The first kappa shape index (κ1) is 12.9. The molecule has 1 saturated heterocycles. The Morgan fingerprint density at radius 1 is 1.42 bits per heavy atom. The third-order valence-electron chi connectivity index (χ3n) is 2.60. The van der Waals surface area contributed by atoms with Crippen LogP contribution in [0.4, 0.5) is 16.2 Å². The lowest BCUT2D eigenvalue weighted by molar-refractivity contribution is -0.114. The molecule has 2 N–H and O–H groups in total. The Morgan fingerprint density at radius 2 is 2.16 bits per heavy atom. The Morgan fingerprint density at radius 3 is 2.68 bits per heavy atom. The molecule has 1 aliphatic rings. The Balaban J connectivity index is 2.40. The summed E-state index contributed by atoms with van der Waals surface area (Å²) < 4.78 is 4.77. The van der Waals surface area contributed by atoms with Gasteiger partial charge in [0.15, 0.2) is 0 Å². The Hall–Kier alpha value is -2.57. The van der Waals surface area contributed by atoms with E-state index in [0.717, 1.165) is 0 Å². The number of hydrogen-bond acceptors (Lipinski definition) is 4. The van der Waals surface area contributed by atoms with Crippen molar-refractivity contribution in [2.75, 3.05) is 23.4 Å². The Labute approximate surface area is 108 Å². The summed E-state index contributed by atoms with van der Waals surface area (Å²) in [5.74, 6) is -1.48. The van der Waals surface area contributed by atoms with Crippen molar-refractivity contribution in [3.63, 3.8) is 0 Å². The maximum atomic E-state index is 11.5. The molecule has 0 aromatic heterocycles. The summed E-state index contributed by atoms with van der Waals surface area (Å²) in [5, 5.41) is 11.7. The predicted octanol–water partition coefficient (Wildman–Crippen LogP) is 1.30. The average molecular weight is 264 g/mol. The van der Waals surface area contributed by atoms with Gasteiger partial charge in [0.1, 0.15) is 6.61 Å². The second-order valence-electron chi connectivity index (χ2n) is 3.98. The monoisotopic (exact) mass is 264 g/mol. The van der Waals surface area contributed by atoms with Crippen LogP contribution in [-0.4, -0.2) is 36.2 Å². The topological polar surface area (TPSA) is 95.9 Å². The number of anilines is 2. The van der Waals surface area contributed by atoms with Gasteiger partial charge >= 0.3 is 12.1 Å². The highest BCUT2D eigenvalue weighted by atomic mass is 16.6. The molecule has 0 saturated carbocycles. The molecule has 100 valence electrons. The molecule has 1 fully saturated rings. The highest BCUT2D eigenvalue weighted by Crippen LogP contribution is 2.26. The molecule has 1 aromatic carbocycles. The van der Waals surface area contributed by atoms with Crippen LogP contribution < -0.4 is 10.2 Å². The second kappa shape index (κ2) is 4.97. The molecule has 0 aliphatic carbocycles. The van der Waals surface area contributed by atoms with Crippen molar-refractivity contribution in [1.82, 2.24) is 0 Å². The van der Waals surface area contributed by atoms with Gasteiger partial charge < -0.3 is 15.2 Å².